The van der Waals surface area contributed by atoms with Crippen LogP contribution < -0.4 is 0 Å². The summed E-state index contributed by atoms with van der Waals surface area (Å²) in [5.74, 6) is 0.198. The van der Waals surface area contributed by atoms with Crippen molar-refractivity contribution < 1.29 is 13.2 Å². The van der Waals surface area contributed by atoms with Crippen LogP contribution in [0.15, 0.2) is 35.3 Å². The molecule has 7 heteroatoms. The van der Waals surface area contributed by atoms with E-state index >= 15 is 0 Å². The van der Waals surface area contributed by atoms with E-state index in [0.717, 1.165) is 12.0 Å². The van der Waals surface area contributed by atoms with E-state index in [4.69, 9.17) is 0 Å². The van der Waals surface area contributed by atoms with Crippen molar-refractivity contribution in [1.29, 1.82) is 0 Å². The molecule has 5 nitrogen and oxygen atoms in total. The fraction of sp³-hybridized carbons (Fsp3) is 0.500. The summed E-state index contributed by atoms with van der Waals surface area (Å²) in [6, 6.07) is 9.80. The van der Waals surface area contributed by atoms with Gasteiger partial charge in [0.2, 0.25) is 5.91 Å². The van der Waals surface area contributed by atoms with E-state index in [1.165, 1.54) is 11.8 Å². The van der Waals surface area contributed by atoms with Gasteiger partial charge in [-0.25, -0.2) is 8.42 Å². The van der Waals surface area contributed by atoms with Crippen molar-refractivity contribution in [1.82, 2.24) is 4.90 Å². The summed E-state index contributed by atoms with van der Waals surface area (Å²) >= 11 is 1.44. The highest BCUT2D eigenvalue weighted by atomic mass is 32.2. The number of aliphatic imine (C=N–C) groups is 1. The van der Waals surface area contributed by atoms with Crippen molar-refractivity contribution in [2.24, 2.45) is 4.99 Å². The van der Waals surface area contributed by atoms with Gasteiger partial charge in [0.1, 0.15) is 0 Å². The third-order valence-electron chi connectivity index (χ3n) is 4.05. The van der Waals surface area contributed by atoms with Crippen LogP contribution in [0, 0.1) is 0 Å². The first kappa shape index (κ1) is 16.5. The molecule has 2 saturated heterocycles. The highest BCUT2D eigenvalue weighted by Gasteiger charge is 2.48. The third-order valence-corrected chi connectivity index (χ3v) is 7.30. The minimum atomic E-state index is -3.00. The van der Waals surface area contributed by atoms with Crippen LogP contribution in [-0.4, -0.2) is 47.2 Å². The van der Waals surface area contributed by atoms with E-state index in [9.17, 15) is 13.2 Å². The van der Waals surface area contributed by atoms with E-state index in [0.29, 0.717) is 18.1 Å². The van der Waals surface area contributed by atoms with Gasteiger partial charge in [-0.2, -0.15) is 4.99 Å². The van der Waals surface area contributed by atoms with Crippen molar-refractivity contribution in [2.45, 2.75) is 37.6 Å². The monoisotopic (exact) mass is 352 g/mol. The van der Waals surface area contributed by atoms with E-state index < -0.39 is 9.84 Å². The zero-order valence-electron chi connectivity index (χ0n) is 13.0. The highest BCUT2D eigenvalue weighted by Crippen LogP contribution is 2.39. The van der Waals surface area contributed by atoms with Gasteiger partial charge in [0.15, 0.2) is 15.0 Å². The lowest BCUT2D eigenvalue weighted by atomic mass is 10.1. The van der Waals surface area contributed by atoms with Crippen molar-refractivity contribution in [3.05, 3.63) is 35.9 Å². The van der Waals surface area contributed by atoms with Gasteiger partial charge in [-0.15, -0.1) is 0 Å². The predicted molar refractivity (Wildman–Crippen MR) is 93.2 cm³/mol. The molecule has 23 heavy (non-hydrogen) atoms. The standard InChI is InChI=1S/C16H20N2O3S2/c1-2-6-15(19)17-16-18(9-12-7-4-3-5-8-12)13-10-23(20,21)11-14(13)22-16/h3-5,7-8,13-14H,2,6,9-11H2,1H3/t13-,14-/m0/s1. The number of nitrogens with zero attached hydrogens (tertiary/aromatic N) is 2. The Morgan fingerprint density at radius 3 is 2.74 bits per heavy atom. The molecule has 0 bridgehead atoms. The van der Waals surface area contributed by atoms with Gasteiger partial charge < -0.3 is 4.90 Å². The molecule has 0 unspecified atom stereocenters. The summed E-state index contributed by atoms with van der Waals surface area (Å²) in [6.45, 7) is 2.53. The van der Waals surface area contributed by atoms with E-state index in [2.05, 4.69) is 4.99 Å². The first-order valence-electron chi connectivity index (χ1n) is 7.77. The predicted octanol–water partition coefficient (Wildman–Crippen LogP) is 2.08. The molecule has 3 rings (SSSR count). The number of hydrogen-bond donors (Lipinski definition) is 0. The zero-order chi connectivity index (χ0) is 16.4. The number of sulfone groups is 1. The number of carbonyl (C=O) groups excluding carboxylic acids is 1. The summed E-state index contributed by atoms with van der Waals surface area (Å²) in [7, 11) is -3.00. The fourth-order valence-corrected chi connectivity index (χ4v) is 6.95. The van der Waals surface area contributed by atoms with Gasteiger partial charge in [0.25, 0.3) is 0 Å². The second-order valence-corrected chi connectivity index (χ2v) is 9.31. The SMILES string of the molecule is CCCC(=O)N=C1S[C@H]2CS(=O)(=O)C[C@@H]2N1Cc1ccccc1. The maximum Gasteiger partial charge on any atom is 0.248 e. The minimum absolute atomic E-state index is 0.0168. The highest BCUT2D eigenvalue weighted by molar-refractivity contribution is 8.15. The summed E-state index contributed by atoms with van der Waals surface area (Å²) in [5, 5.41) is 0.661. The lowest BCUT2D eigenvalue weighted by molar-refractivity contribution is -0.117. The number of hydrogen-bond acceptors (Lipinski definition) is 4. The van der Waals surface area contributed by atoms with Crippen LogP contribution in [0.1, 0.15) is 25.3 Å². The lowest BCUT2D eigenvalue weighted by Gasteiger charge is -2.24. The molecular formula is C16H20N2O3S2. The second kappa shape index (κ2) is 6.65. The summed E-state index contributed by atoms with van der Waals surface area (Å²) < 4.78 is 23.9. The van der Waals surface area contributed by atoms with E-state index in [-0.39, 0.29) is 28.7 Å². The normalized spacial score (nSPS) is 27.3. The number of amidine groups is 1. The fourth-order valence-electron chi connectivity index (χ4n) is 2.98. The van der Waals surface area contributed by atoms with Crippen LogP contribution in [0.3, 0.4) is 0 Å². The zero-order valence-corrected chi connectivity index (χ0v) is 14.6. The maximum atomic E-state index is 11.9. The Labute approximate surface area is 141 Å². The van der Waals surface area contributed by atoms with Crippen LogP contribution >= 0.6 is 11.8 Å². The summed E-state index contributed by atoms with van der Waals surface area (Å²) in [6.07, 6.45) is 1.19. The number of carbonyl (C=O) groups is 1. The van der Waals surface area contributed by atoms with Gasteiger partial charge >= 0.3 is 0 Å². The topological polar surface area (TPSA) is 66.8 Å². The van der Waals surface area contributed by atoms with E-state index in [1.54, 1.807) is 0 Å². The average Bonchev–Trinajstić information content (AvgIpc) is 2.94. The molecule has 2 aliphatic heterocycles. The quantitative estimate of drug-likeness (QED) is 0.830. The van der Waals surface area contributed by atoms with Gasteiger partial charge in [0, 0.05) is 18.2 Å². The molecule has 2 heterocycles. The first-order valence-corrected chi connectivity index (χ1v) is 10.5. The Morgan fingerprint density at radius 2 is 2.04 bits per heavy atom. The smallest absolute Gasteiger partial charge is 0.248 e. The second-order valence-electron chi connectivity index (χ2n) is 5.95. The van der Waals surface area contributed by atoms with Gasteiger partial charge in [-0.05, 0) is 12.0 Å². The molecule has 0 spiro atoms. The molecule has 2 aliphatic rings. The third kappa shape index (κ3) is 3.77. The molecule has 0 aliphatic carbocycles. The van der Waals surface area contributed by atoms with Crippen LogP contribution in [0.4, 0.5) is 0 Å². The Bertz CT molecular complexity index is 716. The molecule has 2 fully saturated rings. The largest absolute Gasteiger partial charge is 0.342 e. The van der Waals surface area contributed by atoms with E-state index in [1.807, 2.05) is 42.2 Å². The maximum absolute atomic E-state index is 11.9. The lowest BCUT2D eigenvalue weighted by Crippen LogP contribution is -2.37. The van der Waals surface area contributed by atoms with Gasteiger partial charge in [0.05, 0.1) is 17.5 Å². The van der Waals surface area contributed by atoms with Crippen molar-refractivity contribution in [3.63, 3.8) is 0 Å². The minimum Gasteiger partial charge on any atom is -0.342 e. The van der Waals surface area contributed by atoms with Crippen LogP contribution in [0.25, 0.3) is 0 Å². The molecular weight excluding hydrogens is 332 g/mol. The number of thioether (sulfide) groups is 1. The van der Waals surface area contributed by atoms with Crippen LogP contribution in [0.2, 0.25) is 0 Å². The molecule has 1 aromatic carbocycles. The molecule has 0 saturated carbocycles. The van der Waals surface area contributed by atoms with Gasteiger partial charge in [-0.3, -0.25) is 4.79 Å². The van der Waals surface area contributed by atoms with Gasteiger partial charge in [-0.1, -0.05) is 49.0 Å². The molecule has 0 aromatic heterocycles. The first-order chi connectivity index (χ1) is 11.0. The number of amides is 1. The van der Waals surface area contributed by atoms with Crippen molar-refractivity contribution in [3.8, 4) is 0 Å². The Balaban J connectivity index is 1.86. The molecule has 1 amide bonds. The Morgan fingerprint density at radius 1 is 1.30 bits per heavy atom. The van der Waals surface area contributed by atoms with Crippen molar-refractivity contribution in [2.75, 3.05) is 11.5 Å². The molecule has 124 valence electrons. The van der Waals surface area contributed by atoms with Crippen molar-refractivity contribution >= 4 is 32.7 Å². The Hall–Kier alpha value is -1.34. The molecule has 2 atom stereocenters. The molecule has 0 N–H and O–H groups in total. The Kier molecular flexibility index (Phi) is 4.77. The van der Waals surface area contributed by atoms with Crippen LogP contribution in [-0.2, 0) is 21.2 Å². The molecule has 0 radical (unpaired) electrons. The summed E-state index contributed by atoms with van der Waals surface area (Å²) in [4.78, 5) is 18.1. The van der Waals surface area contributed by atoms with Crippen LogP contribution in [0.5, 0.6) is 0 Å². The number of benzene rings is 1. The summed E-state index contributed by atoms with van der Waals surface area (Å²) in [5.41, 5.74) is 1.09. The number of fused-ring (bicyclic) bond motifs is 1. The average molecular weight is 352 g/mol. The molecule has 1 aromatic rings. The number of rotatable bonds is 4.